The minimum atomic E-state index is -0.250. The molecule has 0 radical (unpaired) electrons. The first-order chi connectivity index (χ1) is 11.7. The average Bonchev–Trinajstić information content (AvgIpc) is 2.63. The van der Waals surface area contributed by atoms with E-state index in [-0.39, 0.29) is 11.9 Å². The summed E-state index contributed by atoms with van der Waals surface area (Å²) in [5, 5.41) is 11.1. The molecule has 1 N–H and O–H groups in total. The van der Waals surface area contributed by atoms with Gasteiger partial charge in [0.25, 0.3) is 0 Å². The fourth-order valence-corrected chi connectivity index (χ4v) is 2.23. The predicted octanol–water partition coefficient (Wildman–Crippen LogP) is 3.89. The molecule has 5 nitrogen and oxygen atoms in total. The number of hydrogen-bond acceptors (Lipinski definition) is 5. The lowest BCUT2D eigenvalue weighted by Crippen LogP contribution is -2.08. The normalized spacial score (nSPS) is 11.8. The third-order valence-corrected chi connectivity index (χ3v) is 3.56. The molecule has 6 heteroatoms. The molecule has 0 amide bonds. The zero-order valence-corrected chi connectivity index (χ0v) is 13.1. The summed E-state index contributed by atoms with van der Waals surface area (Å²) < 4.78 is 13.0. The van der Waals surface area contributed by atoms with Gasteiger partial charge in [-0.2, -0.15) is 10.2 Å². The standard InChI is InChI=1S/C18H16FN5/c1-3-16-8-14(9-22-24-16)17-10-21-18(11-20-17)23-12(2)13-4-6-15(19)7-5-13/h3-12H,1H2,2H3,(H,21,23)/t12-/m1/s1. The second-order valence-corrected chi connectivity index (χ2v) is 5.28. The second kappa shape index (κ2) is 6.95. The summed E-state index contributed by atoms with van der Waals surface area (Å²) in [5.41, 5.74) is 3.18. The van der Waals surface area contributed by atoms with E-state index in [4.69, 9.17) is 0 Å². The van der Waals surface area contributed by atoms with Crippen LogP contribution in [0.3, 0.4) is 0 Å². The van der Waals surface area contributed by atoms with E-state index in [2.05, 4.69) is 32.1 Å². The molecule has 0 bridgehead atoms. The third-order valence-electron chi connectivity index (χ3n) is 3.56. The Morgan fingerprint density at radius 2 is 1.92 bits per heavy atom. The number of halogens is 1. The van der Waals surface area contributed by atoms with Crippen LogP contribution in [-0.4, -0.2) is 20.2 Å². The van der Waals surface area contributed by atoms with Crippen molar-refractivity contribution >= 4 is 11.9 Å². The first kappa shape index (κ1) is 15.7. The highest BCUT2D eigenvalue weighted by Crippen LogP contribution is 2.20. The molecule has 0 fully saturated rings. The molecule has 3 rings (SSSR count). The molecule has 2 heterocycles. The summed E-state index contributed by atoms with van der Waals surface area (Å²) in [5.74, 6) is 0.390. The van der Waals surface area contributed by atoms with Crippen molar-refractivity contribution in [3.63, 3.8) is 0 Å². The molecule has 24 heavy (non-hydrogen) atoms. The van der Waals surface area contributed by atoms with Crippen molar-refractivity contribution in [2.45, 2.75) is 13.0 Å². The Labute approximate surface area is 139 Å². The largest absolute Gasteiger partial charge is 0.362 e. The van der Waals surface area contributed by atoms with Gasteiger partial charge in [-0.05, 0) is 36.8 Å². The number of benzene rings is 1. The molecule has 0 unspecified atom stereocenters. The number of anilines is 1. The van der Waals surface area contributed by atoms with Crippen molar-refractivity contribution in [1.29, 1.82) is 0 Å². The zero-order chi connectivity index (χ0) is 16.9. The van der Waals surface area contributed by atoms with E-state index in [1.54, 1.807) is 36.8 Å². The van der Waals surface area contributed by atoms with Gasteiger partial charge in [-0.15, -0.1) is 0 Å². The predicted molar refractivity (Wildman–Crippen MR) is 91.6 cm³/mol. The molecule has 0 aliphatic rings. The minimum absolute atomic E-state index is 0.0132. The van der Waals surface area contributed by atoms with Crippen LogP contribution in [0.4, 0.5) is 10.2 Å². The smallest absolute Gasteiger partial charge is 0.144 e. The maximum atomic E-state index is 13.0. The molecule has 0 aliphatic carbocycles. The molecule has 2 aromatic heterocycles. The summed E-state index contributed by atoms with van der Waals surface area (Å²) >= 11 is 0. The highest BCUT2D eigenvalue weighted by Gasteiger charge is 2.08. The number of hydrogen-bond donors (Lipinski definition) is 1. The van der Waals surface area contributed by atoms with Gasteiger partial charge in [-0.25, -0.2) is 9.37 Å². The van der Waals surface area contributed by atoms with Gasteiger partial charge < -0.3 is 5.32 Å². The monoisotopic (exact) mass is 321 g/mol. The van der Waals surface area contributed by atoms with E-state index in [9.17, 15) is 4.39 Å². The Hall–Kier alpha value is -3.15. The maximum absolute atomic E-state index is 13.0. The molecule has 3 aromatic rings. The molecular formula is C18H16FN5. The number of nitrogens with zero attached hydrogens (tertiary/aromatic N) is 4. The molecule has 1 aromatic carbocycles. The lowest BCUT2D eigenvalue weighted by Gasteiger charge is -2.14. The summed E-state index contributed by atoms with van der Waals surface area (Å²) in [4.78, 5) is 8.77. The van der Waals surface area contributed by atoms with Crippen molar-refractivity contribution in [3.8, 4) is 11.3 Å². The van der Waals surface area contributed by atoms with Crippen LogP contribution in [0.25, 0.3) is 17.3 Å². The van der Waals surface area contributed by atoms with Crippen molar-refractivity contribution in [2.24, 2.45) is 0 Å². The number of aromatic nitrogens is 4. The van der Waals surface area contributed by atoms with Gasteiger partial charge in [-0.3, -0.25) is 4.98 Å². The van der Waals surface area contributed by atoms with Gasteiger partial charge in [0.15, 0.2) is 0 Å². The van der Waals surface area contributed by atoms with Crippen LogP contribution in [0.1, 0.15) is 24.2 Å². The highest BCUT2D eigenvalue weighted by molar-refractivity contribution is 5.60. The van der Waals surface area contributed by atoms with Gasteiger partial charge in [0.05, 0.1) is 30.0 Å². The topological polar surface area (TPSA) is 63.6 Å². The lowest BCUT2D eigenvalue weighted by molar-refractivity contribution is 0.626. The van der Waals surface area contributed by atoms with Crippen molar-refractivity contribution in [1.82, 2.24) is 20.2 Å². The lowest BCUT2D eigenvalue weighted by atomic mass is 10.1. The molecule has 0 aliphatic heterocycles. The van der Waals surface area contributed by atoms with Gasteiger partial charge in [0, 0.05) is 11.6 Å². The van der Waals surface area contributed by atoms with Crippen molar-refractivity contribution in [2.75, 3.05) is 5.32 Å². The molecular weight excluding hydrogens is 305 g/mol. The minimum Gasteiger partial charge on any atom is -0.362 e. The number of rotatable bonds is 5. The van der Waals surface area contributed by atoms with Gasteiger partial charge >= 0.3 is 0 Å². The van der Waals surface area contributed by atoms with E-state index in [1.165, 1.54) is 12.1 Å². The Balaban J connectivity index is 1.74. The Morgan fingerprint density at radius 3 is 2.58 bits per heavy atom. The summed E-state index contributed by atoms with van der Waals surface area (Å²) in [7, 11) is 0. The zero-order valence-electron chi connectivity index (χ0n) is 13.1. The highest BCUT2D eigenvalue weighted by atomic mass is 19.1. The molecule has 120 valence electrons. The first-order valence-electron chi connectivity index (χ1n) is 7.45. The SMILES string of the molecule is C=Cc1cc(-c2cnc(N[C@H](C)c3ccc(F)cc3)cn2)cnn1. The first-order valence-corrected chi connectivity index (χ1v) is 7.45. The molecule has 1 atom stereocenters. The Kier molecular flexibility index (Phi) is 4.56. The van der Waals surface area contributed by atoms with E-state index >= 15 is 0 Å². The van der Waals surface area contributed by atoms with Crippen LogP contribution < -0.4 is 5.32 Å². The van der Waals surface area contributed by atoms with Crippen LogP contribution in [0.15, 0.2) is 55.5 Å². The van der Waals surface area contributed by atoms with Gasteiger partial charge in [-0.1, -0.05) is 18.7 Å². The van der Waals surface area contributed by atoms with Crippen LogP contribution in [0.5, 0.6) is 0 Å². The van der Waals surface area contributed by atoms with E-state index in [0.29, 0.717) is 17.2 Å². The van der Waals surface area contributed by atoms with E-state index in [1.807, 2.05) is 13.0 Å². The quantitative estimate of drug-likeness (QED) is 0.772. The maximum Gasteiger partial charge on any atom is 0.144 e. The fraction of sp³-hybridized carbons (Fsp3) is 0.111. The summed E-state index contributed by atoms with van der Waals surface area (Å²) in [6.45, 7) is 5.65. The molecule has 0 spiro atoms. The average molecular weight is 321 g/mol. The third kappa shape index (κ3) is 3.60. The number of nitrogens with one attached hydrogen (secondary N) is 1. The van der Waals surface area contributed by atoms with Crippen molar-refractivity contribution < 1.29 is 4.39 Å². The van der Waals surface area contributed by atoms with Gasteiger partial charge in [0.2, 0.25) is 0 Å². The van der Waals surface area contributed by atoms with Crippen LogP contribution in [-0.2, 0) is 0 Å². The van der Waals surface area contributed by atoms with Gasteiger partial charge in [0.1, 0.15) is 11.6 Å². The van der Waals surface area contributed by atoms with E-state index in [0.717, 1.165) is 11.1 Å². The fourth-order valence-electron chi connectivity index (χ4n) is 2.23. The second-order valence-electron chi connectivity index (χ2n) is 5.28. The Morgan fingerprint density at radius 1 is 1.12 bits per heavy atom. The van der Waals surface area contributed by atoms with Crippen LogP contribution >= 0.6 is 0 Å². The molecule has 0 saturated heterocycles. The summed E-state index contributed by atoms with van der Waals surface area (Å²) in [6.07, 6.45) is 6.59. The van der Waals surface area contributed by atoms with Crippen molar-refractivity contribution in [3.05, 3.63) is 72.6 Å². The van der Waals surface area contributed by atoms with E-state index < -0.39 is 0 Å². The summed E-state index contributed by atoms with van der Waals surface area (Å²) in [6, 6.07) is 8.20. The molecule has 0 saturated carbocycles. The van der Waals surface area contributed by atoms with Crippen LogP contribution in [0.2, 0.25) is 0 Å². The Bertz CT molecular complexity index is 831. The van der Waals surface area contributed by atoms with Crippen LogP contribution in [0, 0.1) is 5.82 Å².